The number of ether oxygens (including phenoxy) is 5. The molecule has 4 unspecified atom stereocenters. The van der Waals surface area contributed by atoms with Crippen molar-refractivity contribution in [2.75, 3.05) is 19.7 Å². The van der Waals surface area contributed by atoms with Gasteiger partial charge in [0.1, 0.15) is 6.61 Å². The van der Waals surface area contributed by atoms with Crippen molar-refractivity contribution >= 4 is 35.8 Å². The summed E-state index contributed by atoms with van der Waals surface area (Å²) >= 11 is 0. The standard InChI is InChI=1S/C21H31NO11/c1-12(23)29-11-17(30-13(2)24)18(31-14(3)25)19(32-15(4)26)20(33-16(5)27)21(28)22-9-7-6-8-10-22/h17-20H,6-11H2,1-5H3. The highest BCUT2D eigenvalue weighted by molar-refractivity contribution is 5.85. The fourth-order valence-electron chi connectivity index (χ4n) is 3.38. The third-order valence-electron chi connectivity index (χ3n) is 4.56. The Labute approximate surface area is 191 Å². The molecular formula is C21H31NO11. The highest BCUT2D eigenvalue weighted by Gasteiger charge is 2.48. The van der Waals surface area contributed by atoms with Gasteiger partial charge in [-0.2, -0.15) is 0 Å². The van der Waals surface area contributed by atoms with E-state index in [4.69, 9.17) is 23.7 Å². The van der Waals surface area contributed by atoms with Crippen LogP contribution in [0.15, 0.2) is 0 Å². The molecule has 1 aliphatic heterocycles. The molecule has 0 aromatic heterocycles. The Morgan fingerprint density at radius 3 is 1.58 bits per heavy atom. The summed E-state index contributed by atoms with van der Waals surface area (Å²) in [6.45, 7) is 5.53. The van der Waals surface area contributed by atoms with Crippen molar-refractivity contribution in [2.24, 2.45) is 0 Å². The van der Waals surface area contributed by atoms with Crippen molar-refractivity contribution in [3.05, 3.63) is 0 Å². The Morgan fingerprint density at radius 2 is 1.12 bits per heavy atom. The second-order valence-electron chi connectivity index (χ2n) is 7.51. The van der Waals surface area contributed by atoms with Crippen LogP contribution < -0.4 is 0 Å². The first-order valence-electron chi connectivity index (χ1n) is 10.5. The van der Waals surface area contributed by atoms with E-state index in [1.807, 2.05) is 0 Å². The van der Waals surface area contributed by atoms with E-state index in [1.54, 1.807) is 0 Å². The van der Waals surface area contributed by atoms with E-state index >= 15 is 0 Å². The summed E-state index contributed by atoms with van der Waals surface area (Å²) < 4.78 is 25.8. The average molecular weight is 473 g/mol. The molecule has 1 heterocycles. The Bertz CT molecular complexity index is 744. The summed E-state index contributed by atoms with van der Waals surface area (Å²) in [7, 11) is 0. The molecule has 1 aliphatic rings. The third kappa shape index (κ3) is 9.87. The Balaban J connectivity index is 3.48. The third-order valence-corrected chi connectivity index (χ3v) is 4.56. The molecule has 12 nitrogen and oxygen atoms in total. The first-order valence-corrected chi connectivity index (χ1v) is 10.5. The Kier molecular flexibility index (Phi) is 11.3. The van der Waals surface area contributed by atoms with Crippen LogP contribution in [0.4, 0.5) is 0 Å². The summed E-state index contributed by atoms with van der Waals surface area (Å²) in [6.07, 6.45) is -4.12. The highest BCUT2D eigenvalue weighted by Crippen LogP contribution is 2.23. The molecule has 0 aliphatic carbocycles. The molecule has 186 valence electrons. The van der Waals surface area contributed by atoms with Crippen molar-refractivity contribution in [3.63, 3.8) is 0 Å². The molecule has 4 atom stereocenters. The molecule has 0 saturated carbocycles. The van der Waals surface area contributed by atoms with Gasteiger partial charge in [-0.25, -0.2) is 0 Å². The van der Waals surface area contributed by atoms with Gasteiger partial charge in [0.05, 0.1) is 0 Å². The molecular weight excluding hydrogens is 442 g/mol. The number of esters is 5. The van der Waals surface area contributed by atoms with E-state index < -0.39 is 66.8 Å². The van der Waals surface area contributed by atoms with Gasteiger partial charge in [0.15, 0.2) is 18.3 Å². The largest absolute Gasteiger partial charge is 0.462 e. The zero-order valence-corrected chi connectivity index (χ0v) is 19.5. The molecule has 33 heavy (non-hydrogen) atoms. The van der Waals surface area contributed by atoms with Gasteiger partial charge in [-0.05, 0) is 19.3 Å². The number of piperidine rings is 1. The van der Waals surface area contributed by atoms with Crippen LogP contribution in [0.2, 0.25) is 0 Å². The quantitative estimate of drug-likeness (QED) is 0.318. The monoisotopic (exact) mass is 473 g/mol. The van der Waals surface area contributed by atoms with Crippen molar-refractivity contribution < 1.29 is 52.5 Å². The van der Waals surface area contributed by atoms with Crippen molar-refractivity contribution in [1.82, 2.24) is 4.90 Å². The van der Waals surface area contributed by atoms with Crippen LogP contribution >= 0.6 is 0 Å². The lowest BCUT2D eigenvalue weighted by molar-refractivity contribution is -0.205. The van der Waals surface area contributed by atoms with Crippen LogP contribution in [0, 0.1) is 0 Å². The first-order chi connectivity index (χ1) is 15.4. The SMILES string of the molecule is CC(=O)OCC(OC(C)=O)C(OC(C)=O)C(OC(C)=O)C(OC(C)=O)C(=O)N1CCCCC1. The molecule has 0 N–H and O–H groups in total. The zero-order valence-electron chi connectivity index (χ0n) is 19.5. The van der Waals surface area contributed by atoms with Gasteiger partial charge >= 0.3 is 29.8 Å². The van der Waals surface area contributed by atoms with Gasteiger partial charge in [0.25, 0.3) is 5.91 Å². The van der Waals surface area contributed by atoms with E-state index in [-0.39, 0.29) is 0 Å². The topological polar surface area (TPSA) is 152 Å². The number of rotatable bonds is 10. The molecule has 0 aromatic rings. The van der Waals surface area contributed by atoms with Gasteiger partial charge < -0.3 is 28.6 Å². The van der Waals surface area contributed by atoms with Crippen molar-refractivity contribution in [2.45, 2.75) is 78.3 Å². The van der Waals surface area contributed by atoms with Crippen LogP contribution in [0.1, 0.15) is 53.9 Å². The second kappa shape index (κ2) is 13.4. The maximum Gasteiger partial charge on any atom is 0.303 e. The minimum atomic E-state index is -1.70. The number of carbonyl (C=O) groups is 6. The number of nitrogens with zero attached hydrogens (tertiary/aromatic N) is 1. The lowest BCUT2D eigenvalue weighted by atomic mass is 9.99. The number of amides is 1. The molecule has 1 amide bonds. The normalized spacial score (nSPS) is 16.9. The molecule has 0 spiro atoms. The van der Waals surface area contributed by atoms with Crippen molar-refractivity contribution in [3.8, 4) is 0 Å². The van der Waals surface area contributed by atoms with Crippen LogP contribution in [-0.2, 0) is 52.5 Å². The van der Waals surface area contributed by atoms with Crippen LogP contribution in [0.3, 0.4) is 0 Å². The summed E-state index contributed by atoms with van der Waals surface area (Å²) in [6, 6.07) is 0. The van der Waals surface area contributed by atoms with E-state index in [0.29, 0.717) is 13.1 Å². The maximum atomic E-state index is 13.3. The molecule has 0 radical (unpaired) electrons. The van der Waals surface area contributed by atoms with Crippen molar-refractivity contribution in [1.29, 1.82) is 0 Å². The fraction of sp³-hybridized carbons (Fsp3) is 0.714. The average Bonchev–Trinajstić information content (AvgIpc) is 2.71. The lowest BCUT2D eigenvalue weighted by Gasteiger charge is -2.37. The second-order valence-corrected chi connectivity index (χ2v) is 7.51. The maximum absolute atomic E-state index is 13.3. The first kappa shape index (κ1) is 27.9. The van der Waals surface area contributed by atoms with E-state index in [9.17, 15) is 28.8 Å². The predicted molar refractivity (Wildman–Crippen MR) is 109 cm³/mol. The summed E-state index contributed by atoms with van der Waals surface area (Å²) in [5, 5.41) is 0. The Hall–Kier alpha value is -3.18. The van der Waals surface area contributed by atoms with Gasteiger partial charge in [0.2, 0.25) is 6.10 Å². The molecule has 12 heteroatoms. The summed E-state index contributed by atoms with van der Waals surface area (Å²) in [4.78, 5) is 73.4. The minimum Gasteiger partial charge on any atom is -0.462 e. The Morgan fingerprint density at radius 1 is 0.636 bits per heavy atom. The molecule has 0 bridgehead atoms. The molecule has 1 fully saturated rings. The van der Waals surface area contributed by atoms with Gasteiger partial charge in [-0.1, -0.05) is 0 Å². The van der Waals surface area contributed by atoms with Crippen LogP contribution in [-0.4, -0.2) is 84.8 Å². The minimum absolute atomic E-state index is 0.391. The molecule has 1 saturated heterocycles. The fourth-order valence-corrected chi connectivity index (χ4v) is 3.38. The smallest absolute Gasteiger partial charge is 0.303 e. The lowest BCUT2D eigenvalue weighted by Crippen LogP contribution is -2.58. The van der Waals surface area contributed by atoms with Gasteiger partial charge in [-0.15, -0.1) is 0 Å². The van der Waals surface area contributed by atoms with E-state index in [2.05, 4.69) is 0 Å². The summed E-state index contributed by atoms with van der Waals surface area (Å²) in [5.74, 6) is -4.81. The van der Waals surface area contributed by atoms with Crippen LogP contribution in [0.25, 0.3) is 0 Å². The number of carbonyl (C=O) groups excluding carboxylic acids is 6. The highest BCUT2D eigenvalue weighted by atomic mass is 16.6. The summed E-state index contributed by atoms with van der Waals surface area (Å²) in [5.41, 5.74) is 0. The number of hydrogen-bond acceptors (Lipinski definition) is 11. The number of likely N-dealkylation sites (tertiary alicyclic amines) is 1. The van der Waals surface area contributed by atoms with Crippen LogP contribution in [0.5, 0.6) is 0 Å². The zero-order chi connectivity index (χ0) is 25.1. The molecule has 0 aromatic carbocycles. The van der Waals surface area contributed by atoms with E-state index in [0.717, 1.165) is 53.9 Å². The van der Waals surface area contributed by atoms with Gasteiger partial charge in [0, 0.05) is 47.7 Å². The number of hydrogen-bond donors (Lipinski definition) is 0. The predicted octanol–water partition coefficient (Wildman–Crippen LogP) is 0.289. The van der Waals surface area contributed by atoms with E-state index in [1.165, 1.54) is 4.90 Å². The van der Waals surface area contributed by atoms with Gasteiger partial charge in [-0.3, -0.25) is 28.8 Å². The molecule has 1 rings (SSSR count).